The summed E-state index contributed by atoms with van der Waals surface area (Å²) >= 11 is 0. The van der Waals surface area contributed by atoms with E-state index in [1.807, 2.05) is 17.9 Å². The highest BCUT2D eigenvalue weighted by Crippen LogP contribution is 2.27. The van der Waals surface area contributed by atoms with Gasteiger partial charge in [-0.2, -0.15) is 5.10 Å². The van der Waals surface area contributed by atoms with Crippen molar-refractivity contribution in [2.75, 3.05) is 19.6 Å². The number of hydrogen-bond acceptors (Lipinski definition) is 3. The Labute approximate surface area is 123 Å². The average molecular weight is 278 g/mol. The van der Waals surface area contributed by atoms with E-state index in [1.54, 1.807) is 0 Å². The van der Waals surface area contributed by atoms with E-state index in [1.165, 1.54) is 31.4 Å². The van der Waals surface area contributed by atoms with Crippen molar-refractivity contribution in [3.8, 4) is 0 Å². The minimum Gasteiger partial charge on any atom is -0.311 e. The van der Waals surface area contributed by atoms with Crippen molar-refractivity contribution in [2.24, 2.45) is 7.05 Å². The van der Waals surface area contributed by atoms with Crippen molar-refractivity contribution in [3.63, 3.8) is 0 Å². The number of piperazine rings is 1. The van der Waals surface area contributed by atoms with E-state index in [2.05, 4.69) is 42.3 Å². The van der Waals surface area contributed by atoms with Gasteiger partial charge in [-0.05, 0) is 31.2 Å². The lowest BCUT2D eigenvalue weighted by atomic mass is 9.86. The zero-order chi connectivity index (χ0) is 14.6. The van der Waals surface area contributed by atoms with E-state index < -0.39 is 0 Å². The molecule has 1 N–H and O–H groups in total. The summed E-state index contributed by atoms with van der Waals surface area (Å²) in [5.41, 5.74) is 1.69. The molecule has 1 saturated heterocycles. The average Bonchev–Trinajstić information content (AvgIpc) is 2.90. The first-order chi connectivity index (χ1) is 9.63. The third kappa shape index (κ3) is 3.23. The Bertz CT molecular complexity index is 408. The Balaban J connectivity index is 2.03. The molecule has 4 heteroatoms. The van der Waals surface area contributed by atoms with Gasteiger partial charge in [-0.25, -0.2) is 0 Å². The van der Waals surface area contributed by atoms with Crippen LogP contribution in [0.25, 0.3) is 0 Å². The molecule has 0 radical (unpaired) electrons. The van der Waals surface area contributed by atoms with Crippen LogP contribution in [0.2, 0.25) is 0 Å². The molecule has 4 nitrogen and oxygen atoms in total. The van der Waals surface area contributed by atoms with Gasteiger partial charge in [-0.3, -0.25) is 9.58 Å². The molecule has 0 bridgehead atoms. The highest BCUT2D eigenvalue weighted by Gasteiger charge is 2.37. The highest BCUT2D eigenvalue weighted by atomic mass is 15.3. The second kappa shape index (κ2) is 6.72. The van der Waals surface area contributed by atoms with Gasteiger partial charge in [0.1, 0.15) is 0 Å². The largest absolute Gasteiger partial charge is 0.311 e. The molecule has 1 unspecified atom stereocenters. The second-order valence-corrected chi connectivity index (χ2v) is 6.14. The van der Waals surface area contributed by atoms with E-state index in [4.69, 9.17) is 0 Å². The molecule has 0 spiro atoms. The maximum absolute atomic E-state index is 4.27. The molecule has 1 atom stereocenters. The van der Waals surface area contributed by atoms with Gasteiger partial charge >= 0.3 is 0 Å². The van der Waals surface area contributed by atoms with E-state index in [0.29, 0.717) is 11.6 Å². The van der Waals surface area contributed by atoms with Gasteiger partial charge in [0.05, 0.1) is 6.20 Å². The number of aromatic nitrogens is 2. The summed E-state index contributed by atoms with van der Waals surface area (Å²) in [6.07, 6.45) is 8.90. The number of nitrogens with one attached hydrogen (secondary N) is 1. The molecular weight excluding hydrogens is 248 g/mol. The molecule has 1 fully saturated rings. The van der Waals surface area contributed by atoms with Crippen molar-refractivity contribution in [1.82, 2.24) is 20.0 Å². The van der Waals surface area contributed by atoms with Crippen LogP contribution in [-0.4, -0.2) is 45.9 Å². The topological polar surface area (TPSA) is 33.1 Å². The predicted molar refractivity (Wildman–Crippen MR) is 83.9 cm³/mol. The lowest BCUT2D eigenvalue weighted by Gasteiger charge is -2.49. The Morgan fingerprint density at radius 2 is 2.10 bits per heavy atom. The van der Waals surface area contributed by atoms with Crippen molar-refractivity contribution in [1.29, 1.82) is 0 Å². The smallest absolute Gasteiger partial charge is 0.0522 e. The fourth-order valence-corrected chi connectivity index (χ4v) is 3.38. The summed E-state index contributed by atoms with van der Waals surface area (Å²) in [4.78, 5) is 2.73. The Kier molecular flexibility index (Phi) is 5.22. The van der Waals surface area contributed by atoms with Crippen LogP contribution in [0.4, 0.5) is 0 Å². The molecule has 114 valence electrons. The molecule has 0 saturated carbocycles. The van der Waals surface area contributed by atoms with E-state index in [9.17, 15) is 0 Å². The summed E-state index contributed by atoms with van der Waals surface area (Å²) in [7, 11) is 1.99. The van der Waals surface area contributed by atoms with Crippen molar-refractivity contribution >= 4 is 0 Å². The standard InChI is InChI=1S/C16H30N4/c1-5-15-12-20(16(6-2,7-3)13-17-15)9-8-14-10-18-19(4)11-14/h10-11,15,17H,5-9,12-13H2,1-4H3. The molecule has 0 aliphatic carbocycles. The quantitative estimate of drug-likeness (QED) is 0.866. The summed E-state index contributed by atoms with van der Waals surface area (Å²) in [6, 6.07) is 0.648. The lowest BCUT2D eigenvalue weighted by Crippen LogP contribution is -2.64. The highest BCUT2D eigenvalue weighted by molar-refractivity contribution is 5.06. The molecule has 1 aliphatic rings. The zero-order valence-electron chi connectivity index (χ0n) is 13.5. The van der Waals surface area contributed by atoms with Crippen LogP contribution in [0, 0.1) is 0 Å². The maximum Gasteiger partial charge on any atom is 0.0522 e. The van der Waals surface area contributed by atoms with E-state index >= 15 is 0 Å². The summed E-state index contributed by atoms with van der Waals surface area (Å²) < 4.78 is 1.90. The SMILES string of the molecule is CCC1CN(CCc2cnn(C)c2)C(CC)(CC)CN1. The van der Waals surface area contributed by atoms with Crippen LogP contribution in [-0.2, 0) is 13.5 Å². The zero-order valence-corrected chi connectivity index (χ0v) is 13.5. The second-order valence-electron chi connectivity index (χ2n) is 6.14. The fraction of sp³-hybridized carbons (Fsp3) is 0.812. The Hall–Kier alpha value is -0.870. The lowest BCUT2D eigenvalue weighted by molar-refractivity contribution is 0.0319. The first-order valence-electron chi connectivity index (χ1n) is 8.09. The predicted octanol–water partition coefficient (Wildman–Crippen LogP) is 2.21. The minimum absolute atomic E-state index is 0.341. The Morgan fingerprint density at radius 3 is 2.65 bits per heavy atom. The summed E-state index contributed by atoms with van der Waals surface area (Å²) in [6.45, 7) is 10.4. The van der Waals surface area contributed by atoms with E-state index in [-0.39, 0.29) is 0 Å². The molecule has 20 heavy (non-hydrogen) atoms. The first-order valence-corrected chi connectivity index (χ1v) is 8.09. The number of aryl methyl sites for hydroxylation is 1. The first kappa shape index (κ1) is 15.5. The summed E-state index contributed by atoms with van der Waals surface area (Å²) in [5.74, 6) is 0. The van der Waals surface area contributed by atoms with Gasteiger partial charge in [0.2, 0.25) is 0 Å². The molecule has 0 aromatic carbocycles. The molecule has 2 heterocycles. The van der Waals surface area contributed by atoms with Crippen molar-refractivity contribution in [2.45, 2.75) is 58.0 Å². The third-order valence-electron chi connectivity index (χ3n) is 5.07. The molecule has 1 aliphatic heterocycles. The summed E-state index contributed by atoms with van der Waals surface area (Å²) in [5, 5.41) is 8.01. The minimum atomic E-state index is 0.341. The number of rotatable bonds is 6. The number of hydrogen-bond donors (Lipinski definition) is 1. The van der Waals surface area contributed by atoms with Gasteiger partial charge in [-0.15, -0.1) is 0 Å². The van der Waals surface area contributed by atoms with Gasteiger partial charge in [-0.1, -0.05) is 20.8 Å². The van der Waals surface area contributed by atoms with Crippen LogP contribution >= 0.6 is 0 Å². The van der Waals surface area contributed by atoms with Crippen LogP contribution in [0.5, 0.6) is 0 Å². The molecule has 0 amide bonds. The fourth-order valence-electron chi connectivity index (χ4n) is 3.38. The molecule has 2 rings (SSSR count). The van der Waals surface area contributed by atoms with Gasteiger partial charge in [0.25, 0.3) is 0 Å². The van der Waals surface area contributed by atoms with Crippen molar-refractivity contribution in [3.05, 3.63) is 18.0 Å². The molecule has 1 aromatic rings. The third-order valence-corrected chi connectivity index (χ3v) is 5.07. The van der Waals surface area contributed by atoms with Gasteiger partial charge < -0.3 is 5.32 Å². The normalized spacial score (nSPS) is 23.1. The number of nitrogens with zero attached hydrogens (tertiary/aromatic N) is 3. The van der Waals surface area contributed by atoms with Crippen molar-refractivity contribution < 1.29 is 0 Å². The molecular formula is C16H30N4. The van der Waals surface area contributed by atoms with Crippen LogP contribution in [0.15, 0.2) is 12.4 Å². The van der Waals surface area contributed by atoms with Crippen LogP contribution in [0.3, 0.4) is 0 Å². The van der Waals surface area contributed by atoms with Crippen LogP contribution < -0.4 is 5.32 Å². The monoisotopic (exact) mass is 278 g/mol. The van der Waals surface area contributed by atoms with E-state index in [0.717, 1.165) is 19.5 Å². The maximum atomic E-state index is 4.27. The van der Waals surface area contributed by atoms with Gasteiger partial charge in [0.15, 0.2) is 0 Å². The van der Waals surface area contributed by atoms with Gasteiger partial charge in [0, 0.05) is 44.5 Å². The molecule has 1 aromatic heterocycles. The Morgan fingerprint density at radius 1 is 1.35 bits per heavy atom. The van der Waals surface area contributed by atoms with Crippen LogP contribution in [0.1, 0.15) is 45.6 Å².